The second-order valence-electron chi connectivity index (χ2n) is 6.29. The molecule has 0 aliphatic heterocycles. The Morgan fingerprint density at radius 2 is 1.81 bits per heavy atom. The Kier molecular flexibility index (Phi) is 4.01. The van der Waals surface area contributed by atoms with E-state index in [-0.39, 0.29) is 23.3 Å². The molecule has 130 valence electrons. The van der Waals surface area contributed by atoms with E-state index in [4.69, 9.17) is 5.73 Å². The minimum atomic E-state index is -0.633. The van der Waals surface area contributed by atoms with Crippen LogP contribution < -0.4 is 11.1 Å². The van der Waals surface area contributed by atoms with E-state index in [0.717, 1.165) is 18.4 Å². The number of aromatic nitrogens is 2. The van der Waals surface area contributed by atoms with Crippen LogP contribution in [0.15, 0.2) is 60.7 Å². The number of carbonyl (C=O) groups excluding carboxylic acids is 2. The molecule has 3 aromatic rings. The van der Waals surface area contributed by atoms with Gasteiger partial charge < -0.3 is 11.1 Å². The molecule has 1 heterocycles. The minimum absolute atomic E-state index is 0.0439. The molecule has 1 aliphatic carbocycles. The highest BCUT2D eigenvalue weighted by atomic mass is 16.2. The molecule has 0 saturated carbocycles. The van der Waals surface area contributed by atoms with Gasteiger partial charge in [0.1, 0.15) is 5.69 Å². The van der Waals surface area contributed by atoms with Crippen molar-refractivity contribution >= 4 is 11.8 Å². The molecule has 1 atom stereocenters. The summed E-state index contributed by atoms with van der Waals surface area (Å²) in [5.74, 6) is -0.949. The predicted octanol–water partition coefficient (Wildman–Crippen LogP) is 2.39. The maximum absolute atomic E-state index is 12.7. The number of nitrogens with one attached hydrogen (secondary N) is 1. The first-order valence-corrected chi connectivity index (χ1v) is 8.47. The van der Waals surface area contributed by atoms with E-state index in [0.29, 0.717) is 5.69 Å². The van der Waals surface area contributed by atoms with Gasteiger partial charge in [-0.05, 0) is 36.1 Å². The lowest BCUT2D eigenvalue weighted by Crippen LogP contribution is -2.27. The van der Waals surface area contributed by atoms with E-state index in [1.165, 1.54) is 16.3 Å². The smallest absolute Gasteiger partial charge is 0.272 e. The Bertz CT molecular complexity index is 978. The number of nitrogens with two attached hydrogens (primary N) is 1. The highest BCUT2D eigenvalue weighted by Crippen LogP contribution is 2.30. The van der Waals surface area contributed by atoms with Crippen LogP contribution in [0.3, 0.4) is 0 Å². The maximum atomic E-state index is 12.7. The zero-order valence-electron chi connectivity index (χ0n) is 14.1. The third-order valence-electron chi connectivity index (χ3n) is 4.63. The number of para-hydroxylation sites is 1. The van der Waals surface area contributed by atoms with E-state index in [2.05, 4.69) is 16.5 Å². The molecule has 0 saturated heterocycles. The third kappa shape index (κ3) is 2.86. The number of amides is 2. The summed E-state index contributed by atoms with van der Waals surface area (Å²) in [6.07, 6.45) is 1.79. The number of hydrogen-bond acceptors (Lipinski definition) is 3. The molecule has 6 nitrogen and oxygen atoms in total. The topological polar surface area (TPSA) is 90.0 Å². The summed E-state index contributed by atoms with van der Waals surface area (Å²) in [7, 11) is 0. The SMILES string of the molecule is NC(=O)c1cc(C(=O)N[C@H]2CCc3ccccc32)nn1-c1ccccc1. The molecular formula is C20H18N4O2. The van der Waals surface area contributed by atoms with Crippen molar-refractivity contribution in [1.29, 1.82) is 0 Å². The van der Waals surface area contributed by atoms with Crippen LogP contribution in [0.4, 0.5) is 0 Å². The molecule has 2 amide bonds. The largest absolute Gasteiger partial charge is 0.364 e. The van der Waals surface area contributed by atoms with Gasteiger partial charge in [-0.25, -0.2) is 4.68 Å². The lowest BCUT2D eigenvalue weighted by Gasteiger charge is -2.12. The number of hydrogen-bond donors (Lipinski definition) is 2. The minimum Gasteiger partial charge on any atom is -0.364 e. The van der Waals surface area contributed by atoms with E-state index < -0.39 is 5.91 Å². The van der Waals surface area contributed by atoms with E-state index >= 15 is 0 Å². The number of nitrogens with zero attached hydrogens (tertiary/aromatic N) is 2. The van der Waals surface area contributed by atoms with Crippen molar-refractivity contribution in [3.63, 3.8) is 0 Å². The van der Waals surface area contributed by atoms with Crippen LogP contribution in [0.2, 0.25) is 0 Å². The van der Waals surface area contributed by atoms with E-state index in [9.17, 15) is 9.59 Å². The standard InChI is InChI=1S/C20H18N4O2/c21-19(25)18-12-17(23-24(18)14-7-2-1-3-8-14)20(26)22-16-11-10-13-6-4-5-9-15(13)16/h1-9,12,16H,10-11H2,(H2,21,25)(H,22,26)/t16-/m0/s1. The normalized spacial score (nSPS) is 15.5. The fraction of sp³-hybridized carbons (Fsp3) is 0.150. The van der Waals surface area contributed by atoms with Gasteiger partial charge in [0.05, 0.1) is 11.7 Å². The monoisotopic (exact) mass is 346 g/mol. The summed E-state index contributed by atoms with van der Waals surface area (Å²) in [6.45, 7) is 0. The van der Waals surface area contributed by atoms with Crippen LogP contribution in [-0.2, 0) is 6.42 Å². The molecule has 0 spiro atoms. The second-order valence-corrected chi connectivity index (χ2v) is 6.29. The Hall–Kier alpha value is -3.41. The zero-order valence-corrected chi connectivity index (χ0v) is 14.1. The summed E-state index contributed by atoms with van der Waals surface area (Å²) in [5.41, 5.74) is 8.87. The molecular weight excluding hydrogens is 328 g/mol. The van der Waals surface area contributed by atoms with Gasteiger partial charge in [-0.2, -0.15) is 5.10 Å². The number of aryl methyl sites for hydroxylation is 1. The van der Waals surface area contributed by atoms with Crippen LogP contribution >= 0.6 is 0 Å². The maximum Gasteiger partial charge on any atom is 0.272 e. The molecule has 0 unspecified atom stereocenters. The van der Waals surface area contributed by atoms with Crippen molar-refractivity contribution in [2.45, 2.75) is 18.9 Å². The van der Waals surface area contributed by atoms with Gasteiger partial charge >= 0.3 is 0 Å². The van der Waals surface area contributed by atoms with E-state index in [1.807, 2.05) is 36.4 Å². The Labute approximate surface area is 150 Å². The molecule has 3 N–H and O–H groups in total. The number of benzene rings is 2. The van der Waals surface area contributed by atoms with Crippen molar-refractivity contribution in [2.75, 3.05) is 0 Å². The van der Waals surface area contributed by atoms with Gasteiger partial charge in [-0.1, -0.05) is 42.5 Å². The quantitative estimate of drug-likeness (QED) is 0.760. The van der Waals surface area contributed by atoms with Crippen LogP contribution in [0, 0.1) is 0 Å². The summed E-state index contributed by atoms with van der Waals surface area (Å²) in [6, 6.07) is 18.6. The Morgan fingerprint density at radius 1 is 1.08 bits per heavy atom. The summed E-state index contributed by atoms with van der Waals surface area (Å²) in [4.78, 5) is 24.5. The number of rotatable bonds is 4. The van der Waals surface area contributed by atoms with E-state index in [1.54, 1.807) is 12.1 Å². The highest BCUT2D eigenvalue weighted by molar-refractivity contribution is 5.97. The molecule has 26 heavy (non-hydrogen) atoms. The average Bonchev–Trinajstić information content (AvgIpc) is 3.28. The first-order chi connectivity index (χ1) is 12.6. The molecule has 4 rings (SSSR count). The number of fused-ring (bicyclic) bond motifs is 1. The molecule has 0 radical (unpaired) electrons. The molecule has 1 aromatic heterocycles. The lowest BCUT2D eigenvalue weighted by atomic mass is 10.1. The van der Waals surface area contributed by atoms with Crippen LogP contribution in [0.1, 0.15) is 44.6 Å². The van der Waals surface area contributed by atoms with Gasteiger partial charge in [0.2, 0.25) is 0 Å². The number of primary amides is 1. The van der Waals surface area contributed by atoms with Crippen molar-refractivity contribution in [3.8, 4) is 5.69 Å². The van der Waals surface area contributed by atoms with Gasteiger partial charge in [0.15, 0.2) is 5.69 Å². The fourth-order valence-corrected chi connectivity index (χ4v) is 3.37. The fourth-order valence-electron chi connectivity index (χ4n) is 3.37. The highest BCUT2D eigenvalue weighted by Gasteiger charge is 2.26. The first kappa shape index (κ1) is 16.1. The van der Waals surface area contributed by atoms with Crippen LogP contribution in [0.25, 0.3) is 5.69 Å². The number of carbonyl (C=O) groups is 2. The summed E-state index contributed by atoms with van der Waals surface area (Å²) in [5, 5.41) is 7.32. The summed E-state index contributed by atoms with van der Waals surface area (Å²) < 4.78 is 1.40. The molecule has 0 bridgehead atoms. The molecule has 2 aromatic carbocycles. The Balaban J connectivity index is 1.62. The van der Waals surface area contributed by atoms with Crippen LogP contribution in [-0.4, -0.2) is 21.6 Å². The van der Waals surface area contributed by atoms with Crippen molar-refractivity contribution in [1.82, 2.24) is 15.1 Å². The molecule has 1 aliphatic rings. The third-order valence-corrected chi connectivity index (χ3v) is 4.63. The first-order valence-electron chi connectivity index (χ1n) is 8.47. The zero-order chi connectivity index (χ0) is 18.1. The van der Waals surface area contributed by atoms with Crippen molar-refractivity contribution in [3.05, 3.63) is 83.2 Å². The molecule has 0 fully saturated rings. The van der Waals surface area contributed by atoms with Gasteiger partial charge in [-0.15, -0.1) is 0 Å². The second kappa shape index (κ2) is 6.48. The van der Waals surface area contributed by atoms with Gasteiger partial charge in [-0.3, -0.25) is 9.59 Å². The van der Waals surface area contributed by atoms with Gasteiger partial charge in [0, 0.05) is 6.07 Å². The predicted molar refractivity (Wildman–Crippen MR) is 97.1 cm³/mol. The summed E-state index contributed by atoms with van der Waals surface area (Å²) >= 11 is 0. The van der Waals surface area contributed by atoms with Gasteiger partial charge in [0.25, 0.3) is 11.8 Å². The molecule has 6 heteroatoms. The van der Waals surface area contributed by atoms with Crippen molar-refractivity contribution < 1.29 is 9.59 Å². The lowest BCUT2D eigenvalue weighted by molar-refractivity contribution is 0.0930. The average molecular weight is 346 g/mol. The van der Waals surface area contributed by atoms with Crippen LogP contribution in [0.5, 0.6) is 0 Å². The van der Waals surface area contributed by atoms with Crippen molar-refractivity contribution in [2.24, 2.45) is 5.73 Å². The Morgan fingerprint density at radius 3 is 2.58 bits per heavy atom.